The summed E-state index contributed by atoms with van der Waals surface area (Å²) < 4.78 is 14.0. The van der Waals surface area contributed by atoms with Gasteiger partial charge in [-0.05, 0) is 30.3 Å². The maximum atomic E-state index is 14.0. The van der Waals surface area contributed by atoms with Crippen molar-refractivity contribution in [2.24, 2.45) is 0 Å². The number of carbonyl (C=O) groups is 1. The van der Waals surface area contributed by atoms with Gasteiger partial charge in [0, 0.05) is 42.3 Å². The summed E-state index contributed by atoms with van der Waals surface area (Å²) in [7, 11) is 0. The zero-order valence-electron chi connectivity index (χ0n) is 15.6. The van der Waals surface area contributed by atoms with Gasteiger partial charge in [0.15, 0.2) is 5.13 Å². The van der Waals surface area contributed by atoms with Crippen LogP contribution in [0.3, 0.4) is 0 Å². The molecule has 4 rings (SSSR count). The van der Waals surface area contributed by atoms with Crippen molar-refractivity contribution in [3.05, 3.63) is 70.4 Å². The summed E-state index contributed by atoms with van der Waals surface area (Å²) in [6.45, 7) is 2.38. The number of hydrogen-bond acceptors (Lipinski definition) is 5. The van der Waals surface area contributed by atoms with Gasteiger partial charge < -0.3 is 15.1 Å². The summed E-state index contributed by atoms with van der Waals surface area (Å²) in [4.78, 5) is 21.0. The highest BCUT2D eigenvalue weighted by molar-refractivity contribution is 7.13. The van der Waals surface area contributed by atoms with Gasteiger partial charge in [-0.25, -0.2) is 9.37 Å². The van der Waals surface area contributed by atoms with Crippen LogP contribution in [-0.4, -0.2) is 42.0 Å². The Balaban J connectivity index is 1.31. The topological polar surface area (TPSA) is 48.5 Å². The lowest BCUT2D eigenvalue weighted by atomic mass is 10.2. The quantitative estimate of drug-likeness (QED) is 0.644. The van der Waals surface area contributed by atoms with E-state index in [1.807, 2.05) is 45.5 Å². The van der Waals surface area contributed by atoms with Crippen LogP contribution in [0.4, 0.5) is 20.9 Å². The summed E-state index contributed by atoms with van der Waals surface area (Å²) in [5, 5.41) is 6.46. The second-order valence-electron chi connectivity index (χ2n) is 6.78. The number of thiazole rings is 1. The molecular formula is C21H20ClFN4OS. The number of amides is 1. The number of piperazine rings is 1. The molecule has 0 radical (unpaired) electrons. The lowest BCUT2D eigenvalue weighted by Gasteiger charge is -2.36. The Kier molecular flexibility index (Phi) is 5.97. The molecule has 1 saturated heterocycles. The summed E-state index contributed by atoms with van der Waals surface area (Å²) in [5.74, 6) is -0.188. The second-order valence-corrected chi connectivity index (χ2v) is 8.07. The molecule has 29 heavy (non-hydrogen) atoms. The van der Waals surface area contributed by atoms with E-state index < -0.39 is 0 Å². The minimum atomic E-state index is -0.227. The summed E-state index contributed by atoms with van der Waals surface area (Å²) in [6.07, 6.45) is 0.257. The Morgan fingerprint density at radius 2 is 1.93 bits per heavy atom. The van der Waals surface area contributed by atoms with E-state index in [4.69, 9.17) is 11.6 Å². The van der Waals surface area contributed by atoms with Crippen molar-refractivity contribution in [3.63, 3.8) is 0 Å². The third kappa shape index (κ3) is 4.86. The molecule has 0 bridgehead atoms. The predicted molar refractivity (Wildman–Crippen MR) is 116 cm³/mol. The van der Waals surface area contributed by atoms with Crippen molar-refractivity contribution in [1.82, 2.24) is 9.88 Å². The molecular weight excluding hydrogens is 411 g/mol. The van der Waals surface area contributed by atoms with Crippen LogP contribution in [0.2, 0.25) is 5.02 Å². The van der Waals surface area contributed by atoms with E-state index in [2.05, 4.69) is 10.3 Å². The standard InChI is InChI=1S/C21H20ClFN4OS/c22-15-4-3-5-16(12-15)24-21-25-17(14-29-21)13-20(28)27-10-8-26(9-11-27)19-7-2-1-6-18(19)23/h1-7,12,14H,8-11,13H2,(H,24,25). The number of para-hydroxylation sites is 1. The Morgan fingerprint density at radius 3 is 2.69 bits per heavy atom. The molecule has 0 unspecified atom stereocenters. The summed E-state index contributed by atoms with van der Waals surface area (Å²) in [6, 6.07) is 14.2. The Labute approximate surface area is 177 Å². The van der Waals surface area contributed by atoms with Gasteiger partial charge in [0.2, 0.25) is 5.91 Å². The van der Waals surface area contributed by atoms with Crippen molar-refractivity contribution >= 4 is 45.4 Å². The van der Waals surface area contributed by atoms with Crippen molar-refractivity contribution in [2.45, 2.75) is 6.42 Å². The Bertz CT molecular complexity index is 1000. The fourth-order valence-corrected chi connectivity index (χ4v) is 4.23. The number of hydrogen-bond donors (Lipinski definition) is 1. The van der Waals surface area contributed by atoms with Crippen LogP contribution < -0.4 is 10.2 Å². The average Bonchev–Trinajstić information content (AvgIpc) is 3.15. The van der Waals surface area contributed by atoms with Crippen molar-refractivity contribution in [3.8, 4) is 0 Å². The molecule has 150 valence electrons. The fraction of sp³-hybridized carbons (Fsp3) is 0.238. The number of nitrogens with zero attached hydrogens (tertiary/aromatic N) is 3. The number of aromatic nitrogens is 1. The number of rotatable bonds is 5. The fourth-order valence-electron chi connectivity index (χ4n) is 3.31. The zero-order valence-corrected chi connectivity index (χ0v) is 17.2. The van der Waals surface area contributed by atoms with Gasteiger partial charge in [0.1, 0.15) is 5.82 Å². The molecule has 3 aromatic rings. The van der Waals surface area contributed by atoms with Crippen LogP contribution in [-0.2, 0) is 11.2 Å². The van der Waals surface area contributed by atoms with Gasteiger partial charge in [0.25, 0.3) is 0 Å². The smallest absolute Gasteiger partial charge is 0.228 e. The average molecular weight is 431 g/mol. The first-order chi connectivity index (χ1) is 14.1. The number of halogens is 2. The first-order valence-electron chi connectivity index (χ1n) is 9.33. The zero-order chi connectivity index (χ0) is 20.2. The van der Waals surface area contributed by atoms with Crippen LogP contribution in [0.5, 0.6) is 0 Å². The van der Waals surface area contributed by atoms with E-state index in [1.165, 1.54) is 17.4 Å². The molecule has 1 aromatic heterocycles. The molecule has 5 nitrogen and oxygen atoms in total. The molecule has 1 amide bonds. The van der Waals surface area contributed by atoms with Gasteiger partial charge in [-0.3, -0.25) is 4.79 Å². The number of benzene rings is 2. The van der Waals surface area contributed by atoms with Crippen LogP contribution in [0.25, 0.3) is 0 Å². The minimum absolute atomic E-state index is 0.0396. The van der Waals surface area contributed by atoms with Crippen LogP contribution in [0, 0.1) is 5.82 Å². The molecule has 1 aliphatic rings. The first-order valence-corrected chi connectivity index (χ1v) is 10.6. The molecule has 1 aliphatic heterocycles. The molecule has 1 fully saturated rings. The van der Waals surface area contributed by atoms with Crippen molar-refractivity contribution in [1.29, 1.82) is 0 Å². The molecule has 0 spiro atoms. The lowest BCUT2D eigenvalue weighted by Crippen LogP contribution is -2.49. The number of carbonyl (C=O) groups excluding carboxylic acids is 1. The molecule has 0 aliphatic carbocycles. The van der Waals surface area contributed by atoms with E-state index in [0.29, 0.717) is 36.9 Å². The van der Waals surface area contributed by atoms with E-state index >= 15 is 0 Å². The summed E-state index contributed by atoms with van der Waals surface area (Å²) >= 11 is 7.45. The van der Waals surface area contributed by atoms with Crippen molar-refractivity contribution in [2.75, 3.05) is 36.4 Å². The highest BCUT2D eigenvalue weighted by Crippen LogP contribution is 2.24. The van der Waals surface area contributed by atoms with Crippen molar-refractivity contribution < 1.29 is 9.18 Å². The van der Waals surface area contributed by atoms with Crippen LogP contribution in [0.15, 0.2) is 53.9 Å². The minimum Gasteiger partial charge on any atom is -0.366 e. The molecule has 0 atom stereocenters. The Morgan fingerprint density at radius 1 is 1.14 bits per heavy atom. The van der Waals surface area contributed by atoms with Gasteiger partial charge in [-0.1, -0.05) is 29.8 Å². The van der Waals surface area contributed by atoms with E-state index in [-0.39, 0.29) is 18.1 Å². The maximum absolute atomic E-state index is 14.0. The largest absolute Gasteiger partial charge is 0.366 e. The molecule has 8 heteroatoms. The lowest BCUT2D eigenvalue weighted by molar-refractivity contribution is -0.130. The highest BCUT2D eigenvalue weighted by Gasteiger charge is 2.23. The third-order valence-electron chi connectivity index (χ3n) is 4.79. The monoisotopic (exact) mass is 430 g/mol. The third-order valence-corrected chi connectivity index (χ3v) is 5.83. The molecule has 2 aromatic carbocycles. The Hall–Kier alpha value is -2.64. The number of anilines is 3. The first kappa shape index (κ1) is 19.7. The molecule has 0 saturated carbocycles. The molecule has 2 heterocycles. The van der Waals surface area contributed by atoms with E-state index in [9.17, 15) is 9.18 Å². The van der Waals surface area contributed by atoms with Crippen LogP contribution >= 0.6 is 22.9 Å². The van der Waals surface area contributed by atoms with E-state index in [1.54, 1.807) is 12.1 Å². The summed E-state index contributed by atoms with van der Waals surface area (Å²) in [5.41, 5.74) is 2.19. The maximum Gasteiger partial charge on any atom is 0.228 e. The highest BCUT2D eigenvalue weighted by atomic mass is 35.5. The van der Waals surface area contributed by atoms with Gasteiger partial charge in [-0.2, -0.15) is 0 Å². The normalized spacial score (nSPS) is 14.1. The second kappa shape index (κ2) is 8.80. The SMILES string of the molecule is O=C(Cc1csc(Nc2cccc(Cl)c2)n1)N1CCN(c2ccccc2F)CC1. The van der Waals surface area contributed by atoms with Gasteiger partial charge in [0.05, 0.1) is 17.8 Å². The predicted octanol–water partition coefficient (Wildman–Crippen LogP) is 4.57. The van der Waals surface area contributed by atoms with Crippen LogP contribution in [0.1, 0.15) is 5.69 Å². The van der Waals surface area contributed by atoms with Gasteiger partial charge >= 0.3 is 0 Å². The molecule has 1 N–H and O–H groups in total. The van der Waals surface area contributed by atoms with E-state index in [0.717, 1.165) is 16.5 Å². The van der Waals surface area contributed by atoms with Gasteiger partial charge in [-0.15, -0.1) is 11.3 Å². The number of nitrogens with one attached hydrogen (secondary N) is 1.